The third kappa shape index (κ3) is 3.40. The van der Waals surface area contributed by atoms with E-state index in [1.54, 1.807) is 31.2 Å². The molecule has 0 bridgehead atoms. The molecule has 2 atom stereocenters. The van der Waals surface area contributed by atoms with E-state index in [-0.39, 0.29) is 0 Å². The van der Waals surface area contributed by atoms with Gasteiger partial charge >= 0.3 is 0 Å². The highest BCUT2D eigenvalue weighted by molar-refractivity contribution is 7.85. The van der Waals surface area contributed by atoms with E-state index in [1.807, 2.05) is 6.92 Å². The summed E-state index contributed by atoms with van der Waals surface area (Å²) in [4.78, 5) is 24.8. The summed E-state index contributed by atoms with van der Waals surface area (Å²) in [7, 11) is -4.27. The molecule has 21 heavy (non-hydrogen) atoms. The molecule has 1 heterocycles. The zero-order chi connectivity index (χ0) is 15.8. The standard InChI is InChI=1S/C13H16N2O5S/c1-8-3-5-10(6-4-8)12(16)14-11-9(2)15(13(11)17)7-21(18,19)20/h3-6,9,11H,7H2,1-2H3,(H,14,16)(H,18,19,20). The van der Waals surface area contributed by atoms with Crippen LogP contribution in [-0.2, 0) is 14.9 Å². The molecule has 1 saturated heterocycles. The number of amides is 2. The molecule has 2 rings (SSSR count). The van der Waals surface area contributed by atoms with Crippen molar-refractivity contribution in [3.8, 4) is 0 Å². The number of rotatable bonds is 4. The first-order valence-corrected chi connectivity index (χ1v) is 7.93. The van der Waals surface area contributed by atoms with E-state index in [0.29, 0.717) is 5.56 Å². The van der Waals surface area contributed by atoms with Gasteiger partial charge in [0.25, 0.3) is 16.0 Å². The maximum atomic E-state index is 12.0. The molecule has 0 aliphatic carbocycles. The minimum atomic E-state index is -4.27. The molecule has 0 spiro atoms. The SMILES string of the molecule is Cc1ccc(C(=O)NC2C(=O)N(CS(=O)(=O)O)C2C)cc1. The smallest absolute Gasteiger partial charge is 0.283 e. The fraction of sp³-hybridized carbons (Fsp3) is 0.385. The number of carbonyl (C=O) groups is 2. The number of aryl methyl sites for hydroxylation is 1. The highest BCUT2D eigenvalue weighted by atomic mass is 32.2. The van der Waals surface area contributed by atoms with Crippen molar-refractivity contribution in [2.75, 3.05) is 5.88 Å². The Morgan fingerprint density at radius 3 is 2.38 bits per heavy atom. The largest absolute Gasteiger partial charge is 0.338 e. The van der Waals surface area contributed by atoms with Crippen LogP contribution in [0.1, 0.15) is 22.8 Å². The van der Waals surface area contributed by atoms with Crippen LogP contribution in [0.25, 0.3) is 0 Å². The molecule has 0 radical (unpaired) electrons. The molecular formula is C13H16N2O5S. The average Bonchev–Trinajstić information content (AvgIpc) is 2.41. The second-order valence-corrected chi connectivity index (χ2v) is 6.50. The van der Waals surface area contributed by atoms with Gasteiger partial charge in [0, 0.05) is 5.56 Å². The van der Waals surface area contributed by atoms with Gasteiger partial charge in [-0.3, -0.25) is 14.1 Å². The van der Waals surface area contributed by atoms with Gasteiger partial charge in [-0.15, -0.1) is 0 Å². The van der Waals surface area contributed by atoms with E-state index in [2.05, 4.69) is 5.32 Å². The fourth-order valence-electron chi connectivity index (χ4n) is 2.15. The molecule has 2 unspecified atom stereocenters. The number of nitrogens with zero attached hydrogens (tertiary/aromatic N) is 1. The molecule has 1 aliphatic heterocycles. The van der Waals surface area contributed by atoms with E-state index in [4.69, 9.17) is 4.55 Å². The maximum absolute atomic E-state index is 12.0. The Hall–Kier alpha value is -1.93. The lowest BCUT2D eigenvalue weighted by Gasteiger charge is -2.44. The molecule has 1 fully saturated rings. The topological polar surface area (TPSA) is 104 Å². The summed E-state index contributed by atoms with van der Waals surface area (Å²) in [6, 6.07) is 5.59. The normalized spacial score (nSPS) is 21.9. The van der Waals surface area contributed by atoms with Gasteiger partial charge in [0.15, 0.2) is 0 Å². The van der Waals surface area contributed by atoms with Crippen molar-refractivity contribution in [3.05, 3.63) is 35.4 Å². The van der Waals surface area contributed by atoms with Crippen molar-refractivity contribution in [1.29, 1.82) is 0 Å². The molecule has 2 amide bonds. The van der Waals surface area contributed by atoms with E-state index in [0.717, 1.165) is 10.5 Å². The summed E-state index contributed by atoms with van der Waals surface area (Å²) < 4.78 is 30.3. The second-order valence-electron chi connectivity index (χ2n) is 5.08. The highest BCUT2D eigenvalue weighted by Crippen LogP contribution is 2.20. The lowest BCUT2D eigenvalue weighted by molar-refractivity contribution is -0.147. The Morgan fingerprint density at radius 1 is 1.33 bits per heavy atom. The van der Waals surface area contributed by atoms with Crippen LogP contribution >= 0.6 is 0 Å². The predicted molar refractivity (Wildman–Crippen MR) is 75.2 cm³/mol. The molecule has 1 aromatic rings. The van der Waals surface area contributed by atoms with Crippen LogP contribution < -0.4 is 5.32 Å². The van der Waals surface area contributed by atoms with Crippen molar-refractivity contribution in [3.63, 3.8) is 0 Å². The maximum Gasteiger partial charge on any atom is 0.283 e. The number of benzene rings is 1. The minimum Gasteiger partial charge on any atom is -0.338 e. The monoisotopic (exact) mass is 312 g/mol. The Morgan fingerprint density at radius 2 is 1.90 bits per heavy atom. The molecule has 1 aliphatic rings. The molecule has 2 N–H and O–H groups in total. The Labute approximate surface area is 122 Å². The van der Waals surface area contributed by atoms with Crippen LogP contribution in [-0.4, -0.2) is 47.6 Å². The summed E-state index contributed by atoms with van der Waals surface area (Å²) in [6.45, 7) is 3.50. The summed E-state index contributed by atoms with van der Waals surface area (Å²) >= 11 is 0. The molecule has 7 nitrogen and oxygen atoms in total. The zero-order valence-electron chi connectivity index (χ0n) is 11.6. The first kappa shape index (κ1) is 15.5. The number of nitrogens with one attached hydrogen (secondary N) is 1. The summed E-state index contributed by atoms with van der Waals surface area (Å²) in [6.07, 6.45) is 0. The van der Waals surface area contributed by atoms with Gasteiger partial charge in [-0.05, 0) is 26.0 Å². The number of β-lactam (4-membered cyclic amide) rings is 1. The van der Waals surface area contributed by atoms with E-state index in [9.17, 15) is 18.0 Å². The summed E-state index contributed by atoms with van der Waals surface area (Å²) in [5.41, 5.74) is 1.44. The zero-order valence-corrected chi connectivity index (χ0v) is 12.4. The third-order valence-electron chi connectivity index (χ3n) is 3.43. The van der Waals surface area contributed by atoms with Crippen LogP contribution in [0.5, 0.6) is 0 Å². The minimum absolute atomic E-state index is 0.397. The van der Waals surface area contributed by atoms with Crippen molar-refractivity contribution < 1.29 is 22.6 Å². The van der Waals surface area contributed by atoms with Crippen molar-refractivity contribution >= 4 is 21.9 Å². The van der Waals surface area contributed by atoms with Gasteiger partial charge < -0.3 is 10.2 Å². The van der Waals surface area contributed by atoms with Crippen molar-refractivity contribution in [2.24, 2.45) is 0 Å². The van der Waals surface area contributed by atoms with Gasteiger partial charge in [-0.2, -0.15) is 8.42 Å². The third-order valence-corrected chi connectivity index (χ3v) is 4.03. The quantitative estimate of drug-likeness (QED) is 0.609. The summed E-state index contributed by atoms with van der Waals surface area (Å²) in [5.74, 6) is -1.68. The Kier molecular flexibility index (Phi) is 4.02. The van der Waals surface area contributed by atoms with E-state index >= 15 is 0 Å². The fourth-order valence-corrected chi connectivity index (χ4v) is 2.87. The number of carbonyl (C=O) groups excluding carboxylic acids is 2. The Bertz CT molecular complexity index is 668. The second kappa shape index (κ2) is 5.45. The number of hydrogen-bond acceptors (Lipinski definition) is 4. The first-order chi connectivity index (χ1) is 9.69. The number of hydrogen-bond donors (Lipinski definition) is 2. The Balaban J connectivity index is 2.00. The van der Waals surface area contributed by atoms with Crippen LogP contribution in [0.3, 0.4) is 0 Å². The van der Waals surface area contributed by atoms with Crippen molar-refractivity contribution in [1.82, 2.24) is 10.2 Å². The highest BCUT2D eigenvalue weighted by Gasteiger charge is 2.46. The van der Waals surface area contributed by atoms with Crippen LogP contribution in [0.15, 0.2) is 24.3 Å². The molecule has 0 aromatic heterocycles. The molecule has 8 heteroatoms. The molecule has 0 saturated carbocycles. The average molecular weight is 312 g/mol. The lowest BCUT2D eigenvalue weighted by Crippen LogP contribution is -2.70. The van der Waals surface area contributed by atoms with Crippen LogP contribution in [0, 0.1) is 6.92 Å². The molecule has 114 valence electrons. The van der Waals surface area contributed by atoms with Gasteiger partial charge in [-0.25, -0.2) is 0 Å². The first-order valence-electron chi connectivity index (χ1n) is 6.32. The van der Waals surface area contributed by atoms with Crippen molar-refractivity contribution in [2.45, 2.75) is 25.9 Å². The molecule has 1 aromatic carbocycles. The number of likely N-dealkylation sites (tertiary alicyclic amines) is 1. The van der Waals surface area contributed by atoms with Crippen LogP contribution in [0.2, 0.25) is 0 Å². The van der Waals surface area contributed by atoms with Crippen LogP contribution in [0.4, 0.5) is 0 Å². The van der Waals surface area contributed by atoms with Gasteiger partial charge in [0.05, 0.1) is 6.04 Å². The van der Waals surface area contributed by atoms with Gasteiger partial charge in [0.2, 0.25) is 5.91 Å². The van der Waals surface area contributed by atoms with E-state index < -0.39 is 39.9 Å². The van der Waals surface area contributed by atoms with E-state index in [1.165, 1.54) is 0 Å². The lowest BCUT2D eigenvalue weighted by atomic mass is 9.97. The van der Waals surface area contributed by atoms with Gasteiger partial charge in [-0.1, -0.05) is 17.7 Å². The van der Waals surface area contributed by atoms with Gasteiger partial charge in [0.1, 0.15) is 11.9 Å². The predicted octanol–water partition coefficient (Wildman–Crippen LogP) is 0.169. The molecular weight excluding hydrogens is 296 g/mol. The summed E-state index contributed by atoms with van der Waals surface area (Å²) in [5, 5.41) is 2.56.